The minimum atomic E-state index is -0.883. The van der Waals surface area contributed by atoms with E-state index in [1.54, 1.807) is 7.11 Å². The molecule has 0 radical (unpaired) electrons. The van der Waals surface area contributed by atoms with Gasteiger partial charge in [0.25, 0.3) is 0 Å². The highest BCUT2D eigenvalue weighted by Crippen LogP contribution is 2.28. The minimum absolute atomic E-state index is 0.364. The summed E-state index contributed by atoms with van der Waals surface area (Å²) >= 11 is 0. The molecule has 0 aliphatic heterocycles. The number of anilines is 1. The maximum Gasteiger partial charge on any atom is 0.176 e. The van der Waals surface area contributed by atoms with E-state index in [4.69, 9.17) is 9.15 Å². The van der Waals surface area contributed by atoms with E-state index >= 15 is 0 Å². The molecule has 0 fully saturated rings. The largest absolute Gasteiger partial charge is 0.493 e. The average molecular weight is 289 g/mol. The van der Waals surface area contributed by atoms with Gasteiger partial charge in [0.1, 0.15) is 5.76 Å². The number of furan rings is 1. The smallest absolute Gasteiger partial charge is 0.176 e. The molecule has 0 atom stereocenters. The van der Waals surface area contributed by atoms with Gasteiger partial charge in [-0.15, -0.1) is 0 Å². The Bertz CT molecular complexity index is 783. The molecule has 0 aliphatic rings. The van der Waals surface area contributed by atoms with Crippen LogP contribution in [0.5, 0.6) is 5.75 Å². The van der Waals surface area contributed by atoms with E-state index in [1.165, 1.54) is 6.07 Å². The lowest BCUT2D eigenvalue weighted by atomic mass is 10.2. The highest BCUT2D eigenvalue weighted by atomic mass is 19.2. The van der Waals surface area contributed by atoms with Crippen molar-refractivity contribution in [2.75, 3.05) is 12.4 Å². The zero-order valence-electron chi connectivity index (χ0n) is 11.3. The third kappa shape index (κ3) is 2.67. The molecule has 21 heavy (non-hydrogen) atoms. The fraction of sp³-hybridized carbons (Fsp3) is 0.125. The summed E-state index contributed by atoms with van der Waals surface area (Å²) in [6.07, 6.45) is 0. The zero-order valence-corrected chi connectivity index (χ0v) is 11.3. The number of para-hydroxylation sites is 1. The van der Waals surface area contributed by atoms with Crippen molar-refractivity contribution in [3.8, 4) is 5.75 Å². The van der Waals surface area contributed by atoms with Crippen LogP contribution in [-0.2, 0) is 6.54 Å². The summed E-state index contributed by atoms with van der Waals surface area (Å²) < 4.78 is 36.9. The van der Waals surface area contributed by atoms with Gasteiger partial charge >= 0.3 is 0 Å². The van der Waals surface area contributed by atoms with Crippen molar-refractivity contribution in [2.45, 2.75) is 6.54 Å². The molecule has 0 aliphatic carbocycles. The van der Waals surface area contributed by atoms with Crippen molar-refractivity contribution in [1.29, 1.82) is 0 Å². The van der Waals surface area contributed by atoms with Crippen LogP contribution in [-0.4, -0.2) is 7.11 Å². The predicted octanol–water partition coefficient (Wildman–Crippen LogP) is 4.33. The third-order valence-corrected chi connectivity index (χ3v) is 3.17. The molecule has 1 heterocycles. The fourth-order valence-electron chi connectivity index (χ4n) is 2.13. The first-order valence-corrected chi connectivity index (χ1v) is 6.42. The van der Waals surface area contributed by atoms with Gasteiger partial charge in [-0.25, -0.2) is 8.78 Å². The number of ether oxygens (including phenoxy) is 1. The number of benzene rings is 2. The molecule has 5 heteroatoms. The van der Waals surface area contributed by atoms with Crippen LogP contribution in [0.25, 0.3) is 11.0 Å². The number of halogens is 2. The molecule has 0 spiro atoms. The van der Waals surface area contributed by atoms with Gasteiger partial charge in [0.2, 0.25) is 0 Å². The van der Waals surface area contributed by atoms with Crippen molar-refractivity contribution in [3.63, 3.8) is 0 Å². The molecule has 0 amide bonds. The van der Waals surface area contributed by atoms with E-state index < -0.39 is 11.6 Å². The van der Waals surface area contributed by atoms with E-state index in [1.807, 2.05) is 24.3 Å². The first-order chi connectivity index (χ1) is 10.2. The summed E-state index contributed by atoms with van der Waals surface area (Å²) in [6.45, 7) is 0.364. The zero-order chi connectivity index (χ0) is 14.8. The van der Waals surface area contributed by atoms with Crippen molar-refractivity contribution in [3.05, 3.63) is 59.9 Å². The molecule has 0 bridgehead atoms. The lowest BCUT2D eigenvalue weighted by Crippen LogP contribution is -1.99. The van der Waals surface area contributed by atoms with Gasteiger partial charge in [-0.05, 0) is 24.3 Å². The Hall–Kier alpha value is -2.56. The topological polar surface area (TPSA) is 34.4 Å². The SMILES string of the molecule is COc1cccc2cc(CNc3ccc(F)c(F)c3)oc12. The second-order valence-electron chi connectivity index (χ2n) is 4.57. The maximum absolute atomic E-state index is 13.1. The molecule has 3 nitrogen and oxygen atoms in total. The first-order valence-electron chi connectivity index (χ1n) is 6.42. The predicted molar refractivity (Wildman–Crippen MR) is 76.5 cm³/mol. The molecule has 0 saturated heterocycles. The first kappa shape index (κ1) is 13.4. The van der Waals surface area contributed by atoms with Crippen LogP contribution < -0.4 is 10.1 Å². The second-order valence-corrected chi connectivity index (χ2v) is 4.57. The van der Waals surface area contributed by atoms with Gasteiger partial charge < -0.3 is 14.5 Å². The average Bonchev–Trinajstić information content (AvgIpc) is 2.91. The van der Waals surface area contributed by atoms with Crippen LogP contribution in [0.2, 0.25) is 0 Å². The lowest BCUT2D eigenvalue weighted by molar-refractivity contribution is 0.408. The monoisotopic (exact) mass is 289 g/mol. The fourth-order valence-corrected chi connectivity index (χ4v) is 2.13. The van der Waals surface area contributed by atoms with Gasteiger partial charge in [0.05, 0.1) is 13.7 Å². The molecule has 3 aromatic rings. The highest BCUT2D eigenvalue weighted by Gasteiger charge is 2.09. The number of methoxy groups -OCH3 is 1. The van der Waals surface area contributed by atoms with Gasteiger partial charge in [-0.3, -0.25) is 0 Å². The molecule has 2 aromatic carbocycles. The van der Waals surface area contributed by atoms with Crippen LogP contribution >= 0.6 is 0 Å². The number of nitrogens with one attached hydrogen (secondary N) is 1. The molecule has 0 unspecified atom stereocenters. The summed E-state index contributed by atoms with van der Waals surface area (Å²) in [5.41, 5.74) is 1.16. The molecular weight excluding hydrogens is 276 g/mol. The van der Waals surface area contributed by atoms with Crippen molar-refractivity contribution >= 4 is 16.7 Å². The Balaban J connectivity index is 1.80. The van der Waals surface area contributed by atoms with E-state index in [0.717, 1.165) is 17.5 Å². The van der Waals surface area contributed by atoms with E-state index in [2.05, 4.69) is 5.32 Å². The van der Waals surface area contributed by atoms with E-state index in [9.17, 15) is 8.78 Å². The number of fused-ring (bicyclic) bond motifs is 1. The standard InChI is InChI=1S/C16H13F2NO2/c1-20-15-4-2-3-10-7-12(21-16(10)15)9-19-11-5-6-13(17)14(18)8-11/h2-8,19H,9H2,1H3. The van der Waals surface area contributed by atoms with Gasteiger partial charge in [0, 0.05) is 17.1 Å². The van der Waals surface area contributed by atoms with Gasteiger partial charge in [-0.2, -0.15) is 0 Å². The molecule has 108 valence electrons. The Morgan fingerprint density at radius 3 is 2.71 bits per heavy atom. The lowest BCUT2D eigenvalue weighted by Gasteiger charge is -2.04. The second kappa shape index (κ2) is 5.44. The third-order valence-electron chi connectivity index (χ3n) is 3.17. The van der Waals surface area contributed by atoms with Gasteiger partial charge in [0.15, 0.2) is 23.0 Å². The van der Waals surface area contributed by atoms with Crippen molar-refractivity contribution in [1.82, 2.24) is 0 Å². The van der Waals surface area contributed by atoms with Crippen molar-refractivity contribution < 1.29 is 17.9 Å². The number of hydrogen-bond acceptors (Lipinski definition) is 3. The Morgan fingerprint density at radius 1 is 1.10 bits per heavy atom. The van der Waals surface area contributed by atoms with Crippen LogP contribution in [0.4, 0.5) is 14.5 Å². The summed E-state index contributed by atoms with van der Waals surface area (Å²) in [4.78, 5) is 0. The van der Waals surface area contributed by atoms with Crippen LogP contribution in [0.1, 0.15) is 5.76 Å². The Morgan fingerprint density at radius 2 is 1.95 bits per heavy atom. The van der Waals surface area contributed by atoms with Crippen LogP contribution in [0.3, 0.4) is 0 Å². The van der Waals surface area contributed by atoms with Crippen LogP contribution in [0, 0.1) is 11.6 Å². The summed E-state index contributed by atoms with van der Waals surface area (Å²) in [6, 6.07) is 11.2. The number of hydrogen-bond donors (Lipinski definition) is 1. The highest BCUT2D eigenvalue weighted by molar-refractivity contribution is 5.83. The minimum Gasteiger partial charge on any atom is -0.493 e. The maximum atomic E-state index is 13.1. The quantitative estimate of drug-likeness (QED) is 0.776. The normalized spacial score (nSPS) is 10.8. The Kier molecular flexibility index (Phi) is 3.48. The van der Waals surface area contributed by atoms with Gasteiger partial charge in [-0.1, -0.05) is 12.1 Å². The molecule has 0 saturated carbocycles. The summed E-state index contributed by atoms with van der Waals surface area (Å²) in [7, 11) is 1.58. The van der Waals surface area contributed by atoms with E-state index in [0.29, 0.717) is 29.3 Å². The Labute approximate surface area is 120 Å². The molecule has 3 rings (SSSR count). The molecule has 1 aromatic heterocycles. The molecule has 1 N–H and O–H groups in total. The van der Waals surface area contributed by atoms with Crippen LogP contribution in [0.15, 0.2) is 46.9 Å². The van der Waals surface area contributed by atoms with E-state index in [-0.39, 0.29) is 0 Å². The summed E-state index contributed by atoms with van der Waals surface area (Å²) in [5, 5.41) is 3.91. The summed E-state index contributed by atoms with van der Waals surface area (Å²) in [5.74, 6) is -0.411. The number of rotatable bonds is 4. The molecular formula is C16H13F2NO2. The van der Waals surface area contributed by atoms with Crippen molar-refractivity contribution in [2.24, 2.45) is 0 Å².